The standard InChI is InChI=1S/C22H34O2/c1-3-5-6-7-8-16-24-20-13-11-19(12-14-20)21-15-10-18(9-4-2)17-22(21)23/h11-14,18,21H,3-10,15-17H2,1-2H3/t18-,21+/m0/s1. The Kier molecular flexibility index (Phi) is 8.35. The van der Waals surface area contributed by atoms with Gasteiger partial charge in [-0.1, -0.05) is 64.5 Å². The molecule has 1 saturated carbocycles. The van der Waals surface area contributed by atoms with Crippen molar-refractivity contribution in [3.8, 4) is 5.75 Å². The summed E-state index contributed by atoms with van der Waals surface area (Å²) in [6.07, 6.45) is 11.7. The van der Waals surface area contributed by atoms with Crippen LogP contribution < -0.4 is 4.74 Å². The van der Waals surface area contributed by atoms with E-state index in [4.69, 9.17) is 4.74 Å². The first-order valence-electron chi connectivity index (χ1n) is 10.00. The highest BCUT2D eigenvalue weighted by Crippen LogP contribution is 2.35. The number of rotatable bonds is 10. The molecule has 0 N–H and O–H groups in total. The summed E-state index contributed by atoms with van der Waals surface area (Å²) < 4.78 is 5.82. The lowest BCUT2D eigenvalue weighted by molar-refractivity contribution is -0.123. The molecule has 0 unspecified atom stereocenters. The van der Waals surface area contributed by atoms with Crippen molar-refractivity contribution in [2.75, 3.05) is 6.61 Å². The molecule has 134 valence electrons. The van der Waals surface area contributed by atoms with Gasteiger partial charge in [-0.05, 0) is 42.9 Å². The molecule has 0 heterocycles. The molecule has 0 aliphatic heterocycles. The summed E-state index contributed by atoms with van der Waals surface area (Å²) in [7, 11) is 0. The fraction of sp³-hybridized carbons (Fsp3) is 0.682. The molecule has 2 atom stereocenters. The van der Waals surface area contributed by atoms with E-state index in [-0.39, 0.29) is 5.92 Å². The van der Waals surface area contributed by atoms with Gasteiger partial charge in [0.15, 0.2) is 0 Å². The number of unbranched alkanes of at least 4 members (excludes halogenated alkanes) is 4. The Bertz CT molecular complexity index is 477. The molecule has 0 bridgehead atoms. The third-order valence-corrected chi connectivity index (χ3v) is 5.24. The van der Waals surface area contributed by atoms with E-state index in [1.54, 1.807) is 0 Å². The Balaban J connectivity index is 1.76. The lowest BCUT2D eigenvalue weighted by Gasteiger charge is -2.27. The van der Waals surface area contributed by atoms with Crippen molar-refractivity contribution in [1.82, 2.24) is 0 Å². The summed E-state index contributed by atoms with van der Waals surface area (Å²) in [6.45, 7) is 5.24. The summed E-state index contributed by atoms with van der Waals surface area (Å²) in [5.74, 6) is 2.10. The Morgan fingerprint density at radius 3 is 2.38 bits per heavy atom. The van der Waals surface area contributed by atoms with Crippen LogP contribution in [0.1, 0.15) is 89.5 Å². The highest BCUT2D eigenvalue weighted by Gasteiger charge is 2.29. The van der Waals surface area contributed by atoms with Gasteiger partial charge in [0.25, 0.3) is 0 Å². The maximum absolute atomic E-state index is 12.4. The molecular formula is C22H34O2. The zero-order valence-electron chi connectivity index (χ0n) is 15.6. The van der Waals surface area contributed by atoms with Crippen LogP contribution in [0.2, 0.25) is 0 Å². The van der Waals surface area contributed by atoms with Gasteiger partial charge in [-0.15, -0.1) is 0 Å². The topological polar surface area (TPSA) is 26.3 Å². The molecule has 2 rings (SSSR count). The minimum atomic E-state index is 0.112. The van der Waals surface area contributed by atoms with Crippen molar-refractivity contribution in [2.45, 2.75) is 84.0 Å². The van der Waals surface area contributed by atoms with E-state index in [9.17, 15) is 4.79 Å². The number of benzene rings is 1. The van der Waals surface area contributed by atoms with Crippen LogP contribution in [0.5, 0.6) is 5.75 Å². The van der Waals surface area contributed by atoms with Gasteiger partial charge in [-0.25, -0.2) is 0 Å². The molecule has 0 saturated heterocycles. The van der Waals surface area contributed by atoms with Gasteiger partial charge < -0.3 is 4.74 Å². The van der Waals surface area contributed by atoms with Gasteiger partial charge in [0.2, 0.25) is 0 Å². The predicted molar refractivity (Wildman–Crippen MR) is 101 cm³/mol. The van der Waals surface area contributed by atoms with Crippen LogP contribution in [0.4, 0.5) is 0 Å². The number of hydrogen-bond acceptors (Lipinski definition) is 2. The molecule has 1 aliphatic rings. The number of carbonyl (C=O) groups excluding carboxylic acids is 1. The van der Waals surface area contributed by atoms with Crippen molar-refractivity contribution in [3.63, 3.8) is 0 Å². The molecule has 0 spiro atoms. The Hall–Kier alpha value is -1.31. The van der Waals surface area contributed by atoms with Gasteiger partial charge in [-0.2, -0.15) is 0 Å². The van der Waals surface area contributed by atoms with Crippen LogP contribution in [0.15, 0.2) is 24.3 Å². The molecule has 1 aromatic carbocycles. The molecule has 0 aromatic heterocycles. The Labute approximate surface area is 148 Å². The number of Topliss-reactive ketones (excluding diaryl/α,β-unsaturated/α-hetero) is 1. The van der Waals surface area contributed by atoms with E-state index in [2.05, 4.69) is 26.0 Å². The van der Waals surface area contributed by atoms with Gasteiger partial charge in [0, 0.05) is 12.3 Å². The lowest BCUT2D eigenvalue weighted by Crippen LogP contribution is -2.23. The number of carbonyl (C=O) groups is 1. The zero-order valence-corrected chi connectivity index (χ0v) is 15.6. The fourth-order valence-corrected chi connectivity index (χ4v) is 3.79. The summed E-state index contributed by atoms with van der Waals surface area (Å²) in [5.41, 5.74) is 1.17. The molecule has 1 aromatic rings. The van der Waals surface area contributed by atoms with E-state index < -0.39 is 0 Å². The molecule has 2 heteroatoms. The van der Waals surface area contributed by atoms with Gasteiger partial charge in [0.1, 0.15) is 11.5 Å². The van der Waals surface area contributed by atoms with E-state index in [0.717, 1.165) is 31.6 Å². The maximum atomic E-state index is 12.4. The molecular weight excluding hydrogens is 296 g/mol. The third kappa shape index (κ3) is 5.96. The molecule has 1 fully saturated rings. The van der Waals surface area contributed by atoms with Gasteiger partial charge in [0.05, 0.1) is 6.61 Å². The van der Waals surface area contributed by atoms with E-state index in [1.165, 1.54) is 50.5 Å². The first-order valence-corrected chi connectivity index (χ1v) is 10.00. The summed E-state index contributed by atoms with van der Waals surface area (Å²) >= 11 is 0. The van der Waals surface area contributed by atoms with Gasteiger partial charge in [-0.3, -0.25) is 4.79 Å². The molecule has 24 heavy (non-hydrogen) atoms. The number of hydrogen-bond donors (Lipinski definition) is 0. The van der Waals surface area contributed by atoms with Crippen molar-refractivity contribution in [2.24, 2.45) is 5.92 Å². The largest absolute Gasteiger partial charge is 0.494 e. The minimum absolute atomic E-state index is 0.112. The highest BCUT2D eigenvalue weighted by molar-refractivity contribution is 5.86. The van der Waals surface area contributed by atoms with E-state index >= 15 is 0 Å². The quantitative estimate of drug-likeness (QED) is 0.471. The predicted octanol–water partition coefficient (Wildman–Crippen LogP) is 6.29. The smallest absolute Gasteiger partial charge is 0.140 e. The monoisotopic (exact) mass is 330 g/mol. The number of ketones is 1. The average molecular weight is 331 g/mol. The van der Waals surface area contributed by atoms with Crippen LogP contribution in [0.3, 0.4) is 0 Å². The third-order valence-electron chi connectivity index (χ3n) is 5.24. The highest BCUT2D eigenvalue weighted by atomic mass is 16.5. The summed E-state index contributed by atoms with van der Waals surface area (Å²) in [4.78, 5) is 12.4. The Morgan fingerprint density at radius 2 is 1.71 bits per heavy atom. The van der Waals surface area contributed by atoms with Crippen molar-refractivity contribution >= 4 is 5.78 Å². The molecule has 0 amide bonds. The molecule has 2 nitrogen and oxygen atoms in total. The summed E-state index contributed by atoms with van der Waals surface area (Å²) in [6, 6.07) is 8.25. The van der Waals surface area contributed by atoms with Crippen LogP contribution >= 0.6 is 0 Å². The normalized spacial score (nSPS) is 21.0. The van der Waals surface area contributed by atoms with Crippen LogP contribution in [0, 0.1) is 5.92 Å². The van der Waals surface area contributed by atoms with Crippen molar-refractivity contribution < 1.29 is 9.53 Å². The minimum Gasteiger partial charge on any atom is -0.494 e. The number of ether oxygens (including phenoxy) is 1. The lowest BCUT2D eigenvalue weighted by atomic mass is 9.76. The van der Waals surface area contributed by atoms with Crippen LogP contribution in [-0.4, -0.2) is 12.4 Å². The van der Waals surface area contributed by atoms with Crippen LogP contribution in [0.25, 0.3) is 0 Å². The average Bonchev–Trinajstić information content (AvgIpc) is 2.59. The second kappa shape index (κ2) is 10.5. The van der Waals surface area contributed by atoms with E-state index in [0.29, 0.717) is 11.7 Å². The van der Waals surface area contributed by atoms with Crippen molar-refractivity contribution in [1.29, 1.82) is 0 Å². The summed E-state index contributed by atoms with van der Waals surface area (Å²) in [5, 5.41) is 0. The van der Waals surface area contributed by atoms with Crippen molar-refractivity contribution in [3.05, 3.63) is 29.8 Å². The van der Waals surface area contributed by atoms with Gasteiger partial charge >= 0.3 is 0 Å². The fourth-order valence-electron chi connectivity index (χ4n) is 3.79. The molecule has 0 radical (unpaired) electrons. The maximum Gasteiger partial charge on any atom is 0.140 e. The molecule has 1 aliphatic carbocycles. The zero-order chi connectivity index (χ0) is 17.2. The SMILES string of the molecule is CCCCCCCOc1ccc([C@H]2CC[C@H](CCC)CC2=O)cc1. The van der Waals surface area contributed by atoms with Crippen LogP contribution in [-0.2, 0) is 4.79 Å². The second-order valence-corrected chi connectivity index (χ2v) is 7.29. The van der Waals surface area contributed by atoms with E-state index in [1.807, 2.05) is 12.1 Å². The Morgan fingerprint density at radius 1 is 0.958 bits per heavy atom. The first kappa shape index (κ1) is 19.0. The first-order chi connectivity index (χ1) is 11.7. The second-order valence-electron chi connectivity index (χ2n) is 7.29.